The third kappa shape index (κ3) is 3.21. The summed E-state index contributed by atoms with van der Waals surface area (Å²) in [5, 5.41) is 1.22. The molecule has 0 aliphatic rings. The van der Waals surface area contributed by atoms with Crippen molar-refractivity contribution < 1.29 is 13.3 Å². The molecule has 2 rings (SSSR count). The predicted molar refractivity (Wildman–Crippen MR) is 75.4 cm³/mol. The third-order valence-corrected chi connectivity index (χ3v) is 3.96. The zero-order chi connectivity index (χ0) is 14.6. The lowest BCUT2D eigenvalue weighted by Gasteiger charge is -2.04. The molecule has 0 aliphatic heterocycles. The smallest absolute Gasteiger partial charge is 0.143 e. The van der Waals surface area contributed by atoms with Crippen LogP contribution in [0.1, 0.15) is 5.56 Å². The number of aromatic nitrogens is 1. The Kier molecular flexibility index (Phi) is 4.14. The van der Waals surface area contributed by atoms with Gasteiger partial charge in [-0.25, -0.2) is 18.4 Å². The molecule has 1 N–H and O–H groups in total. The summed E-state index contributed by atoms with van der Waals surface area (Å²) < 4.78 is 38.6. The summed E-state index contributed by atoms with van der Waals surface area (Å²) in [7, 11) is -1.77. The lowest BCUT2D eigenvalue weighted by molar-refractivity contribution is 0.412. The molecule has 6 heteroatoms. The quantitative estimate of drug-likeness (QED) is 0.940. The topological polar surface area (TPSA) is 63.0 Å². The molecule has 0 fully saturated rings. The summed E-state index contributed by atoms with van der Waals surface area (Å²) in [5.74, 6) is 0.0341. The minimum absolute atomic E-state index is 0.0736. The first-order valence-corrected chi connectivity index (χ1v) is 7.36. The van der Waals surface area contributed by atoms with Gasteiger partial charge in [-0.05, 0) is 18.2 Å². The van der Waals surface area contributed by atoms with Gasteiger partial charge in [0.25, 0.3) is 0 Å². The minimum Gasteiger partial charge on any atom is -0.497 e. The zero-order valence-electron chi connectivity index (χ0n) is 10.7. The van der Waals surface area contributed by atoms with Gasteiger partial charge in [0.2, 0.25) is 0 Å². The number of nitrogens with one attached hydrogen (secondary N) is 1. The predicted octanol–water partition coefficient (Wildman–Crippen LogP) is 3.31. The fraction of sp³-hybridized carbons (Fsp3) is 0.0714. The summed E-state index contributed by atoms with van der Waals surface area (Å²) in [5.41, 5.74) is 0.273. The number of nitrogens with zero attached hydrogens (tertiary/aromatic N) is 1. The van der Waals surface area contributed by atoms with Crippen molar-refractivity contribution in [2.45, 2.75) is 5.03 Å². The molecule has 0 radical (unpaired) electrons. The molecule has 0 saturated heterocycles. The number of hydrogen-bond donors (Lipinski definition) is 1. The van der Waals surface area contributed by atoms with Crippen LogP contribution >= 0.6 is 0 Å². The fourth-order valence-corrected chi connectivity index (χ4v) is 2.52. The van der Waals surface area contributed by atoms with Crippen molar-refractivity contribution >= 4 is 15.8 Å². The molecule has 20 heavy (non-hydrogen) atoms. The number of methoxy groups -OCH3 is 1. The van der Waals surface area contributed by atoms with E-state index >= 15 is 0 Å². The molecule has 0 saturated carbocycles. The van der Waals surface area contributed by atoms with Crippen molar-refractivity contribution in [1.29, 1.82) is 4.78 Å². The molecule has 4 nitrogen and oxygen atoms in total. The maximum Gasteiger partial charge on any atom is 0.143 e. The Morgan fingerprint density at radius 3 is 2.80 bits per heavy atom. The van der Waals surface area contributed by atoms with E-state index in [1.54, 1.807) is 24.3 Å². The van der Waals surface area contributed by atoms with Crippen LogP contribution in [0.25, 0.3) is 6.08 Å². The lowest BCUT2D eigenvalue weighted by Crippen LogP contribution is -1.98. The van der Waals surface area contributed by atoms with Crippen LogP contribution in [0.15, 0.2) is 53.0 Å². The Bertz CT molecular complexity index is 742. The van der Waals surface area contributed by atoms with Gasteiger partial charge in [-0.15, -0.1) is 0 Å². The fourth-order valence-electron chi connectivity index (χ4n) is 1.53. The summed E-state index contributed by atoms with van der Waals surface area (Å²) in [6.45, 7) is 0. The number of rotatable bonds is 4. The molecule has 1 heterocycles. The van der Waals surface area contributed by atoms with E-state index in [1.807, 2.05) is 0 Å². The van der Waals surface area contributed by atoms with E-state index in [1.165, 1.54) is 31.5 Å². The average Bonchev–Trinajstić information content (AvgIpc) is 2.46. The first-order valence-electron chi connectivity index (χ1n) is 5.74. The molecule has 0 bridgehead atoms. The number of ether oxygens (including phenoxy) is 1. The van der Waals surface area contributed by atoms with Gasteiger partial charge in [0.05, 0.1) is 7.11 Å². The molecule has 1 aromatic heterocycles. The summed E-state index contributed by atoms with van der Waals surface area (Å²) >= 11 is 0. The van der Waals surface area contributed by atoms with E-state index in [0.29, 0.717) is 5.75 Å². The SMILES string of the molecule is COc1ccnc(S(=N)(=O)/C=C/c2ccccc2F)c1. The number of hydrogen-bond acceptors (Lipinski definition) is 4. The number of pyridine rings is 1. The highest BCUT2D eigenvalue weighted by Crippen LogP contribution is 2.18. The highest BCUT2D eigenvalue weighted by molar-refractivity contribution is 7.95. The first kappa shape index (κ1) is 14.2. The van der Waals surface area contributed by atoms with Crippen LogP contribution in [0.3, 0.4) is 0 Å². The normalized spacial score (nSPS) is 14.1. The molecule has 0 spiro atoms. The molecular formula is C14H13FN2O2S. The molecular weight excluding hydrogens is 279 g/mol. The standard InChI is InChI=1S/C14H13FN2O2S/c1-19-12-6-8-17-14(10-12)20(16,18)9-7-11-4-2-3-5-13(11)15/h2-10,16H,1H3/b9-7+. The van der Waals surface area contributed by atoms with Gasteiger partial charge in [-0.2, -0.15) is 0 Å². The second-order valence-corrected chi connectivity index (χ2v) is 5.85. The van der Waals surface area contributed by atoms with Gasteiger partial charge in [-0.1, -0.05) is 18.2 Å². The van der Waals surface area contributed by atoms with Gasteiger partial charge in [0, 0.05) is 23.2 Å². The molecule has 1 aromatic carbocycles. The summed E-state index contributed by atoms with van der Waals surface area (Å²) in [6, 6.07) is 9.10. The first-order chi connectivity index (χ1) is 9.53. The van der Waals surface area contributed by atoms with Crippen LogP contribution in [-0.2, 0) is 9.73 Å². The molecule has 104 valence electrons. The Morgan fingerprint density at radius 2 is 2.10 bits per heavy atom. The van der Waals surface area contributed by atoms with Crippen molar-refractivity contribution in [2.24, 2.45) is 0 Å². The van der Waals surface area contributed by atoms with Crippen LogP contribution in [0.5, 0.6) is 5.75 Å². The third-order valence-electron chi connectivity index (χ3n) is 2.60. The van der Waals surface area contributed by atoms with Crippen molar-refractivity contribution in [3.8, 4) is 5.75 Å². The van der Waals surface area contributed by atoms with Crippen LogP contribution in [0, 0.1) is 10.6 Å². The largest absolute Gasteiger partial charge is 0.497 e. The Labute approximate surface area is 116 Å². The number of benzene rings is 1. The van der Waals surface area contributed by atoms with E-state index in [2.05, 4.69) is 4.98 Å². The van der Waals surface area contributed by atoms with Crippen molar-refractivity contribution in [3.63, 3.8) is 0 Å². The van der Waals surface area contributed by atoms with Crippen LogP contribution in [0.4, 0.5) is 4.39 Å². The molecule has 1 unspecified atom stereocenters. The van der Waals surface area contributed by atoms with Crippen molar-refractivity contribution in [1.82, 2.24) is 4.98 Å². The number of halogens is 1. The monoisotopic (exact) mass is 292 g/mol. The van der Waals surface area contributed by atoms with Gasteiger partial charge < -0.3 is 4.74 Å². The Balaban J connectivity index is 2.34. The molecule has 0 amide bonds. The Morgan fingerprint density at radius 1 is 1.35 bits per heavy atom. The maximum absolute atomic E-state index is 13.4. The zero-order valence-corrected chi connectivity index (χ0v) is 11.6. The van der Waals surface area contributed by atoms with E-state index in [9.17, 15) is 8.60 Å². The second kappa shape index (κ2) is 5.83. The minimum atomic E-state index is -3.25. The molecule has 1 atom stereocenters. The molecule has 0 aliphatic carbocycles. The van der Waals surface area contributed by atoms with Gasteiger partial charge in [0.15, 0.2) is 0 Å². The van der Waals surface area contributed by atoms with Gasteiger partial charge >= 0.3 is 0 Å². The van der Waals surface area contributed by atoms with Crippen molar-refractivity contribution in [2.75, 3.05) is 7.11 Å². The van der Waals surface area contributed by atoms with E-state index in [4.69, 9.17) is 9.52 Å². The summed E-state index contributed by atoms with van der Waals surface area (Å²) in [4.78, 5) is 3.91. The van der Waals surface area contributed by atoms with Gasteiger partial charge in [-0.3, -0.25) is 0 Å². The highest BCUT2D eigenvalue weighted by atomic mass is 32.2. The highest BCUT2D eigenvalue weighted by Gasteiger charge is 2.09. The average molecular weight is 292 g/mol. The van der Waals surface area contributed by atoms with Crippen LogP contribution in [0.2, 0.25) is 0 Å². The lowest BCUT2D eigenvalue weighted by atomic mass is 10.2. The van der Waals surface area contributed by atoms with Crippen molar-refractivity contribution in [3.05, 3.63) is 59.4 Å². The van der Waals surface area contributed by atoms with E-state index in [0.717, 1.165) is 5.41 Å². The summed E-state index contributed by atoms with van der Waals surface area (Å²) in [6.07, 6.45) is 2.74. The second-order valence-electron chi connectivity index (χ2n) is 3.96. The van der Waals surface area contributed by atoms with E-state index < -0.39 is 15.5 Å². The molecule has 2 aromatic rings. The van der Waals surface area contributed by atoms with Gasteiger partial charge in [0.1, 0.15) is 26.3 Å². The van der Waals surface area contributed by atoms with E-state index in [-0.39, 0.29) is 10.6 Å². The van der Waals surface area contributed by atoms with Crippen LogP contribution < -0.4 is 4.74 Å². The van der Waals surface area contributed by atoms with Crippen LogP contribution in [-0.4, -0.2) is 16.3 Å². The maximum atomic E-state index is 13.4. The Hall–Kier alpha value is -2.21.